The number of fused-ring (bicyclic) bond motifs is 2. The van der Waals surface area contributed by atoms with E-state index in [0.29, 0.717) is 11.3 Å². The van der Waals surface area contributed by atoms with E-state index in [1.807, 2.05) is 0 Å². The highest BCUT2D eigenvalue weighted by Crippen LogP contribution is 2.63. The number of nitrogens with one attached hydrogen (secondary N) is 1. The van der Waals surface area contributed by atoms with Crippen molar-refractivity contribution < 1.29 is 9.53 Å². The average molecular weight is 224 g/mol. The minimum atomic E-state index is -0.489. The molecule has 4 heteroatoms. The zero-order chi connectivity index (χ0) is 12.0. The summed E-state index contributed by atoms with van der Waals surface area (Å²) in [6.07, 6.45) is 2.97. The van der Waals surface area contributed by atoms with Crippen LogP contribution in [0.25, 0.3) is 0 Å². The third-order valence-electron chi connectivity index (χ3n) is 4.98. The van der Waals surface area contributed by atoms with E-state index < -0.39 is 6.09 Å². The van der Waals surface area contributed by atoms with E-state index in [0.717, 1.165) is 12.1 Å². The fourth-order valence-electron chi connectivity index (χ4n) is 3.26. The first kappa shape index (κ1) is 11.4. The predicted molar refractivity (Wildman–Crippen MR) is 62.2 cm³/mol. The SMILES string of the molecule is COC(=O)N/N=C1/CC2CCC1(C)C2(C)C. The number of hydrogen-bond donors (Lipinski definition) is 1. The van der Waals surface area contributed by atoms with Gasteiger partial charge in [-0.05, 0) is 30.6 Å². The summed E-state index contributed by atoms with van der Waals surface area (Å²) >= 11 is 0. The molecule has 0 saturated heterocycles. The number of carbonyl (C=O) groups is 1. The molecule has 0 aliphatic heterocycles. The largest absolute Gasteiger partial charge is 0.452 e. The number of methoxy groups -OCH3 is 1. The Bertz CT molecular complexity index is 349. The van der Waals surface area contributed by atoms with Crippen molar-refractivity contribution >= 4 is 11.8 Å². The van der Waals surface area contributed by atoms with E-state index in [4.69, 9.17) is 0 Å². The van der Waals surface area contributed by atoms with Crippen molar-refractivity contribution in [1.82, 2.24) is 5.43 Å². The van der Waals surface area contributed by atoms with Crippen LogP contribution in [0, 0.1) is 16.7 Å². The lowest BCUT2D eigenvalue weighted by Crippen LogP contribution is -2.34. The first-order valence-electron chi connectivity index (χ1n) is 5.83. The number of hydrazone groups is 1. The molecule has 2 rings (SSSR count). The van der Waals surface area contributed by atoms with Crippen molar-refractivity contribution in [3.8, 4) is 0 Å². The topological polar surface area (TPSA) is 50.7 Å². The first-order chi connectivity index (χ1) is 7.41. The third kappa shape index (κ3) is 1.35. The van der Waals surface area contributed by atoms with Gasteiger partial charge in [-0.2, -0.15) is 5.10 Å². The van der Waals surface area contributed by atoms with Crippen molar-refractivity contribution in [2.24, 2.45) is 21.8 Å². The van der Waals surface area contributed by atoms with Crippen LogP contribution in [0.4, 0.5) is 4.79 Å². The maximum absolute atomic E-state index is 11.0. The summed E-state index contributed by atoms with van der Waals surface area (Å²) in [5, 5.41) is 4.24. The molecular formula is C12H20N2O2. The van der Waals surface area contributed by atoms with E-state index >= 15 is 0 Å². The Morgan fingerprint density at radius 2 is 2.19 bits per heavy atom. The Labute approximate surface area is 96.4 Å². The normalized spacial score (nSPS) is 37.8. The van der Waals surface area contributed by atoms with Gasteiger partial charge < -0.3 is 4.74 Å². The number of hydrogen-bond acceptors (Lipinski definition) is 3. The molecule has 2 unspecified atom stereocenters. The summed E-state index contributed by atoms with van der Waals surface area (Å²) < 4.78 is 4.52. The molecule has 2 bridgehead atoms. The molecule has 0 aromatic carbocycles. The molecule has 4 nitrogen and oxygen atoms in total. The minimum absolute atomic E-state index is 0.138. The summed E-state index contributed by atoms with van der Waals surface area (Å²) in [6.45, 7) is 6.88. The molecule has 2 saturated carbocycles. The molecule has 1 amide bonds. The first-order valence-corrected chi connectivity index (χ1v) is 5.83. The Morgan fingerprint density at radius 3 is 2.62 bits per heavy atom. The number of amides is 1. The molecule has 0 radical (unpaired) electrons. The van der Waals surface area contributed by atoms with E-state index in [9.17, 15) is 4.79 Å². The van der Waals surface area contributed by atoms with Crippen molar-refractivity contribution in [2.45, 2.75) is 40.0 Å². The standard InChI is InChI=1S/C12H20N2O2/c1-11(2)8-5-6-12(11,3)9(7-8)13-14-10(15)16-4/h8H,5-7H2,1-4H3,(H,14,15)/b13-9-. The molecule has 0 aromatic rings. The molecule has 0 spiro atoms. The highest BCUT2D eigenvalue weighted by molar-refractivity contribution is 5.94. The van der Waals surface area contributed by atoms with Gasteiger partial charge in [0.25, 0.3) is 0 Å². The summed E-state index contributed by atoms with van der Waals surface area (Å²) in [7, 11) is 1.35. The van der Waals surface area contributed by atoms with Crippen molar-refractivity contribution in [1.29, 1.82) is 0 Å². The van der Waals surface area contributed by atoms with Crippen LogP contribution in [-0.4, -0.2) is 18.9 Å². The molecule has 2 aliphatic rings. The van der Waals surface area contributed by atoms with Gasteiger partial charge in [0.2, 0.25) is 0 Å². The molecule has 0 heterocycles. The predicted octanol–water partition coefficient (Wildman–Crippen LogP) is 2.54. The van der Waals surface area contributed by atoms with Gasteiger partial charge in [-0.3, -0.25) is 0 Å². The number of nitrogens with zero attached hydrogens (tertiary/aromatic N) is 1. The van der Waals surface area contributed by atoms with E-state index in [1.54, 1.807) is 0 Å². The summed E-state index contributed by atoms with van der Waals surface area (Å²) in [5.74, 6) is 0.704. The number of carbonyl (C=O) groups excluding carboxylic acids is 1. The molecule has 2 atom stereocenters. The van der Waals surface area contributed by atoms with Crippen LogP contribution in [0.5, 0.6) is 0 Å². The fraction of sp³-hybridized carbons (Fsp3) is 0.833. The Kier molecular flexibility index (Phi) is 2.48. The monoisotopic (exact) mass is 224 g/mol. The Balaban J connectivity index is 2.18. The maximum atomic E-state index is 11.0. The second-order valence-electron chi connectivity index (χ2n) is 5.66. The lowest BCUT2D eigenvalue weighted by atomic mass is 9.70. The second kappa shape index (κ2) is 3.47. The summed E-state index contributed by atoms with van der Waals surface area (Å²) in [5.41, 5.74) is 4.01. The second-order valence-corrected chi connectivity index (χ2v) is 5.66. The van der Waals surface area contributed by atoms with Crippen LogP contribution in [0.15, 0.2) is 5.10 Å². The zero-order valence-corrected chi connectivity index (χ0v) is 10.5. The fourth-order valence-corrected chi connectivity index (χ4v) is 3.26. The molecule has 0 aromatic heterocycles. The van der Waals surface area contributed by atoms with Gasteiger partial charge in [0.15, 0.2) is 0 Å². The molecule has 1 N–H and O–H groups in total. The molecule has 2 aliphatic carbocycles. The quantitative estimate of drug-likeness (QED) is 0.696. The van der Waals surface area contributed by atoms with Crippen LogP contribution < -0.4 is 5.43 Å². The third-order valence-corrected chi connectivity index (χ3v) is 4.98. The van der Waals surface area contributed by atoms with Gasteiger partial charge in [-0.25, -0.2) is 10.2 Å². The summed E-state index contributed by atoms with van der Waals surface area (Å²) in [6, 6.07) is 0. The van der Waals surface area contributed by atoms with Crippen LogP contribution in [-0.2, 0) is 4.74 Å². The van der Waals surface area contributed by atoms with Gasteiger partial charge in [-0.15, -0.1) is 0 Å². The number of rotatable bonds is 1. The van der Waals surface area contributed by atoms with Gasteiger partial charge in [0.05, 0.1) is 7.11 Å². The Hall–Kier alpha value is -1.06. The van der Waals surface area contributed by atoms with Gasteiger partial charge in [-0.1, -0.05) is 20.8 Å². The molecule has 90 valence electrons. The minimum Gasteiger partial charge on any atom is -0.452 e. The van der Waals surface area contributed by atoms with Crippen molar-refractivity contribution in [2.75, 3.05) is 7.11 Å². The van der Waals surface area contributed by atoms with E-state index in [2.05, 4.69) is 36.0 Å². The number of ether oxygens (including phenoxy) is 1. The van der Waals surface area contributed by atoms with Gasteiger partial charge in [0.1, 0.15) is 0 Å². The van der Waals surface area contributed by atoms with Crippen LogP contribution in [0.3, 0.4) is 0 Å². The van der Waals surface area contributed by atoms with Crippen LogP contribution in [0.1, 0.15) is 40.0 Å². The molecule has 16 heavy (non-hydrogen) atoms. The highest BCUT2D eigenvalue weighted by atomic mass is 16.5. The summed E-state index contributed by atoms with van der Waals surface area (Å²) in [4.78, 5) is 11.0. The molecule has 2 fully saturated rings. The van der Waals surface area contributed by atoms with Crippen LogP contribution in [0.2, 0.25) is 0 Å². The van der Waals surface area contributed by atoms with Gasteiger partial charge >= 0.3 is 6.09 Å². The van der Waals surface area contributed by atoms with E-state index in [-0.39, 0.29) is 5.41 Å². The van der Waals surface area contributed by atoms with Crippen molar-refractivity contribution in [3.05, 3.63) is 0 Å². The van der Waals surface area contributed by atoms with Crippen LogP contribution >= 0.6 is 0 Å². The van der Waals surface area contributed by atoms with Gasteiger partial charge in [0, 0.05) is 11.1 Å². The molecular weight excluding hydrogens is 204 g/mol. The smallest absolute Gasteiger partial charge is 0.427 e. The van der Waals surface area contributed by atoms with E-state index in [1.165, 1.54) is 20.0 Å². The maximum Gasteiger partial charge on any atom is 0.427 e. The lowest BCUT2D eigenvalue weighted by molar-refractivity contribution is 0.170. The Morgan fingerprint density at radius 1 is 1.50 bits per heavy atom. The zero-order valence-electron chi connectivity index (χ0n) is 10.5. The highest BCUT2D eigenvalue weighted by Gasteiger charge is 2.59. The van der Waals surface area contributed by atoms with Crippen molar-refractivity contribution in [3.63, 3.8) is 0 Å². The lowest BCUT2D eigenvalue weighted by Gasteiger charge is -2.34. The average Bonchev–Trinajstić information content (AvgIpc) is 2.58.